The summed E-state index contributed by atoms with van der Waals surface area (Å²) in [5, 5.41) is 12.0. The number of ether oxygens (including phenoxy) is 1. The topological polar surface area (TPSA) is 58.6 Å². The maximum atomic E-state index is 13.2. The highest BCUT2D eigenvalue weighted by Crippen LogP contribution is 2.25. The van der Waals surface area contributed by atoms with E-state index in [0.29, 0.717) is 5.56 Å². The second-order valence-corrected chi connectivity index (χ2v) is 6.15. The molecular weight excluding hydrogens is 285 g/mol. The molecule has 1 amide bonds. The molecule has 0 aliphatic carbocycles. The number of carbonyl (C=O) groups is 1. The highest BCUT2D eigenvalue weighted by atomic mass is 35.5. The minimum absolute atomic E-state index is 0.0758. The summed E-state index contributed by atoms with van der Waals surface area (Å²) in [4.78, 5) is 11.8. The highest BCUT2D eigenvalue weighted by Gasteiger charge is 2.30. The third-order valence-electron chi connectivity index (χ3n) is 2.65. The van der Waals surface area contributed by atoms with Gasteiger partial charge in [-0.25, -0.2) is 9.18 Å². The monoisotopic (exact) mass is 303 g/mol. The average Bonchev–Trinajstić information content (AvgIpc) is 2.29. The molecule has 0 fully saturated rings. The Morgan fingerprint density at radius 2 is 2.00 bits per heavy atom. The Balaban J connectivity index is 2.96. The molecule has 1 aromatic carbocycles. The van der Waals surface area contributed by atoms with Crippen molar-refractivity contribution in [2.45, 2.75) is 38.8 Å². The van der Waals surface area contributed by atoms with Crippen LogP contribution in [0.4, 0.5) is 9.18 Å². The molecule has 2 N–H and O–H groups in total. The fourth-order valence-electron chi connectivity index (χ4n) is 1.57. The Morgan fingerprint density at radius 3 is 2.45 bits per heavy atom. The van der Waals surface area contributed by atoms with Crippen molar-refractivity contribution in [3.05, 3.63) is 34.6 Å². The van der Waals surface area contributed by atoms with Crippen LogP contribution in [0.1, 0.15) is 33.3 Å². The van der Waals surface area contributed by atoms with E-state index >= 15 is 0 Å². The first-order valence-corrected chi connectivity index (χ1v) is 6.53. The van der Waals surface area contributed by atoms with Gasteiger partial charge in [-0.1, -0.05) is 17.7 Å². The first kappa shape index (κ1) is 16.7. The zero-order valence-electron chi connectivity index (χ0n) is 12.0. The van der Waals surface area contributed by atoms with Crippen LogP contribution in [0.2, 0.25) is 5.02 Å². The number of nitrogens with one attached hydrogen (secondary N) is 1. The number of alkyl carbamates (subject to hydrolysis) is 1. The van der Waals surface area contributed by atoms with Crippen LogP contribution >= 0.6 is 11.6 Å². The van der Waals surface area contributed by atoms with Crippen LogP contribution in [0.25, 0.3) is 0 Å². The predicted molar refractivity (Wildman–Crippen MR) is 75.2 cm³/mol. The van der Waals surface area contributed by atoms with Crippen LogP contribution in [-0.2, 0) is 10.3 Å². The normalized spacial score (nSPS) is 14.6. The third kappa shape index (κ3) is 4.35. The number of carbonyl (C=O) groups excluding carboxylic acids is 1. The molecule has 0 heterocycles. The van der Waals surface area contributed by atoms with Gasteiger partial charge in [-0.05, 0) is 45.4 Å². The second kappa shape index (κ2) is 5.97. The van der Waals surface area contributed by atoms with Gasteiger partial charge in [-0.3, -0.25) is 0 Å². The lowest BCUT2D eigenvalue weighted by molar-refractivity contribution is 0.0411. The summed E-state index contributed by atoms with van der Waals surface area (Å²) in [7, 11) is 0. The molecule has 1 rings (SSSR count). The summed E-state index contributed by atoms with van der Waals surface area (Å²) in [5.41, 5.74) is -1.28. The molecule has 112 valence electrons. The molecule has 0 spiro atoms. The minimum Gasteiger partial charge on any atom is -0.444 e. The maximum Gasteiger partial charge on any atom is 0.408 e. The summed E-state index contributed by atoms with van der Waals surface area (Å²) in [6.07, 6.45) is -0.672. The zero-order chi connectivity index (χ0) is 15.6. The molecule has 0 radical (unpaired) electrons. The summed E-state index contributed by atoms with van der Waals surface area (Å²) in [6.45, 7) is 6.42. The van der Waals surface area contributed by atoms with Crippen molar-refractivity contribution in [2.24, 2.45) is 0 Å². The van der Waals surface area contributed by atoms with Crippen molar-refractivity contribution < 1.29 is 19.0 Å². The van der Waals surface area contributed by atoms with Crippen molar-refractivity contribution in [3.8, 4) is 0 Å². The van der Waals surface area contributed by atoms with Gasteiger partial charge in [0.1, 0.15) is 11.4 Å². The lowest BCUT2D eigenvalue weighted by atomic mass is 9.93. The standard InChI is InChI=1S/C14H19ClFNO3/c1-13(2,3)20-12(19)17-14(4,8-18)9-5-6-11(16)10(15)7-9/h5-7,18H,8H2,1-4H3,(H,17,19). The quantitative estimate of drug-likeness (QED) is 0.901. The van der Waals surface area contributed by atoms with E-state index in [4.69, 9.17) is 16.3 Å². The maximum absolute atomic E-state index is 13.2. The molecule has 0 saturated heterocycles. The minimum atomic E-state index is -1.11. The fraction of sp³-hybridized carbons (Fsp3) is 0.500. The van der Waals surface area contributed by atoms with Gasteiger partial charge in [-0.15, -0.1) is 0 Å². The molecule has 1 aromatic rings. The van der Waals surface area contributed by atoms with Gasteiger partial charge in [-0.2, -0.15) is 0 Å². The van der Waals surface area contributed by atoms with Crippen LogP contribution in [0, 0.1) is 5.82 Å². The van der Waals surface area contributed by atoms with Gasteiger partial charge in [0, 0.05) is 0 Å². The molecule has 4 nitrogen and oxygen atoms in total. The van der Waals surface area contributed by atoms with Crippen molar-refractivity contribution in [3.63, 3.8) is 0 Å². The van der Waals surface area contributed by atoms with Crippen LogP contribution in [0.3, 0.4) is 0 Å². The van der Waals surface area contributed by atoms with E-state index in [-0.39, 0.29) is 11.6 Å². The Kier molecular flexibility index (Phi) is 5.00. The Morgan fingerprint density at radius 1 is 1.40 bits per heavy atom. The number of aliphatic hydroxyl groups excluding tert-OH is 1. The first-order valence-electron chi connectivity index (χ1n) is 6.15. The van der Waals surface area contributed by atoms with Crippen LogP contribution in [0.5, 0.6) is 0 Å². The Hall–Kier alpha value is -1.33. The number of hydrogen-bond donors (Lipinski definition) is 2. The molecule has 20 heavy (non-hydrogen) atoms. The van der Waals surface area contributed by atoms with Gasteiger partial charge < -0.3 is 15.2 Å². The molecule has 0 bridgehead atoms. The number of aliphatic hydroxyl groups is 1. The number of halogens is 2. The lowest BCUT2D eigenvalue weighted by Crippen LogP contribution is -2.48. The van der Waals surface area contributed by atoms with E-state index in [0.717, 1.165) is 0 Å². The molecule has 0 aliphatic heterocycles. The molecule has 0 aliphatic rings. The number of benzene rings is 1. The zero-order valence-corrected chi connectivity index (χ0v) is 12.7. The summed E-state index contributed by atoms with van der Waals surface area (Å²) >= 11 is 5.72. The van der Waals surface area contributed by atoms with Crippen molar-refractivity contribution in [1.29, 1.82) is 0 Å². The number of amides is 1. The molecular formula is C14H19ClFNO3. The molecule has 1 unspecified atom stereocenters. The largest absolute Gasteiger partial charge is 0.444 e. The van der Waals surface area contributed by atoms with Gasteiger partial charge in [0.05, 0.1) is 17.2 Å². The highest BCUT2D eigenvalue weighted by molar-refractivity contribution is 6.30. The average molecular weight is 304 g/mol. The predicted octanol–water partition coefficient (Wildman–Crippen LogP) is 3.21. The van der Waals surface area contributed by atoms with Crippen LogP contribution in [0.15, 0.2) is 18.2 Å². The summed E-state index contributed by atoms with van der Waals surface area (Å²) < 4.78 is 18.3. The van der Waals surface area contributed by atoms with Gasteiger partial charge in [0.2, 0.25) is 0 Å². The number of rotatable bonds is 3. The van der Waals surface area contributed by atoms with E-state index in [1.807, 2.05) is 0 Å². The van der Waals surface area contributed by atoms with E-state index in [1.165, 1.54) is 18.2 Å². The van der Waals surface area contributed by atoms with Crippen LogP contribution < -0.4 is 5.32 Å². The van der Waals surface area contributed by atoms with Gasteiger partial charge >= 0.3 is 6.09 Å². The first-order chi connectivity index (χ1) is 9.07. The molecule has 0 aromatic heterocycles. The second-order valence-electron chi connectivity index (χ2n) is 5.75. The van der Waals surface area contributed by atoms with Crippen molar-refractivity contribution >= 4 is 17.7 Å². The molecule has 6 heteroatoms. The smallest absolute Gasteiger partial charge is 0.408 e. The number of hydrogen-bond acceptors (Lipinski definition) is 3. The fourth-order valence-corrected chi connectivity index (χ4v) is 1.75. The van der Waals surface area contributed by atoms with Crippen LogP contribution in [-0.4, -0.2) is 23.4 Å². The molecule has 1 atom stereocenters. The Labute approximate surface area is 122 Å². The summed E-state index contributed by atoms with van der Waals surface area (Å²) in [6, 6.07) is 4.00. The lowest BCUT2D eigenvalue weighted by Gasteiger charge is -2.31. The van der Waals surface area contributed by atoms with Gasteiger partial charge in [0.15, 0.2) is 0 Å². The third-order valence-corrected chi connectivity index (χ3v) is 2.94. The van der Waals surface area contributed by atoms with Crippen molar-refractivity contribution in [1.82, 2.24) is 5.32 Å². The Bertz CT molecular complexity index is 502. The van der Waals surface area contributed by atoms with Gasteiger partial charge in [0.25, 0.3) is 0 Å². The summed E-state index contributed by atoms with van der Waals surface area (Å²) in [5.74, 6) is -0.562. The SMILES string of the molecule is CC(C)(C)OC(=O)NC(C)(CO)c1ccc(F)c(Cl)c1. The molecule has 0 saturated carbocycles. The van der Waals surface area contributed by atoms with E-state index in [2.05, 4.69) is 5.32 Å². The van der Waals surface area contributed by atoms with Crippen molar-refractivity contribution in [2.75, 3.05) is 6.61 Å². The van der Waals surface area contributed by atoms with E-state index in [9.17, 15) is 14.3 Å². The van der Waals surface area contributed by atoms with E-state index in [1.54, 1.807) is 27.7 Å². The van der Waals surface area contributed by atoms with E-state index < -0.39 is 23.1 Å².